The molecule has 6 aromatic rings. The van der Waals surface area contributed by atoms with Crippen LogP contribution in [0.15, 0.2) is 109 Å². The van der Waals surface area contributed by atoms with Crippen molar-refractivity contribution in [1.82, 2.24) is 4.57 Å². The van der Waals surface area contributed by atoms with Crippen LogP contribution in [0.5, 0.6) is 0 Å². The Morgan fingerprint density at radius 2 is 1.00 bits per heavy atom. The van der Waals surface area contributed by atoms with Crippen molar-refractivity contribution in [3.05, 3.63) is 126 Å². The number of hydrogen-bond acceptors (Lipinski definition) is 3. The summed E-state index contributed by atoms with van der Waals surface area (Å²) in [6.07, 6.45) is 0. The molecule has 4 heteroatoms. The van der Waals surface area contributed by atoms with Gasteiger partial charge >= 0.3 is 0 Å². The summed E-state index contributed by atoms with van der Waals surface area (Å²) in [6, 6.07) is 42.3. The van der Waals surface area contributed by atoms with E-state index in [-0.39, 0.29) is 0 Å². The lowest BCUT2D eigenvalue weighted by Crippen LogP contribution is -1.96. The number of aromatic nitrogens is 1. The lowest BCUT2D eigenvalue weighted by atomic mass is 9.97. The Morgan fingerprint density at radius 3 is 1.59 bits per heavy atom. The summed E-state index contributed by atoms with van der Waals surface area (Å²) in [4.78, 5) is 0. The van der Waals surface area contributed by atoms with Crippen LogP contribution in [-0.4, -0.2) is 4.57 Å². The van der Waals surface area contributed by atoms with Gasteiger partial charge in [0.05, 0.1) is 45.9 Å². The molecule has 0 bridgehead atoms. The number of benzene rings is 5. The highest BCUT2D eigenvalue weighted by Gasteiger charge is 2.15. The molecule has 0 fully saturated rings. The summed E-state index contributed by atoms with van der Waals surface area (Å²) in [5, 5.41) is 30.6. The molecular weight excluding hydrogens is 452 g/mol. The van der Waals surface area contributed by atoms with Gasteiger partial charge in [-0.1, -0.05) is 48.5 Å². The number of nitriles is 3. The van der Waals surface area contributed by atoms with Crippen LogP contribution in [0.2, 0.25) is 0 Å². The Hall–Kier alpha value is -5.63. The van der Waals surface area contributed by atoms with Crippen molar-refractivity contribution in [1.29, 1.82) is 15.8 Å². The highest BCUT2D eigenvalue weighted by atomic mass is 15.0. The smallest absolute Gasteiger partial charge is 0.0992 e. The molecule has 37 heavy (non-hydrogen) atoms. The Labute approximate surface area is 214 Å². The first kappa shape index (κ1) is 21.9. The molecule has 0 amide bonds. The second kappa shape index (κ2) is 8.86. The molecule has 0 aliphatic rings. The van der Waals surface area contributed by atoms with E-state index < -0.39 is 0 Å². The number of hydrogen-bond donors (Lipinski definition) is 0. The summed E-state index contributed by atoms with van der Waals surface area (Å²) in [5.41, 5.74) is 8.49. The van der Waals surface area contributed by atoms with E-state index in [1.807, 2.05) is 60.7 Å². The lowest BCUT2D eigenvalue weighted by molar-refractivity contribution is 1.18. The van der Waals surface area contributed by atoms with Crippen molar-refractivity contribution >= 4 is 21.8 Å². The largest absolute Gasteiger partial charge is 0.309 e. The van der Waals surface area contributed by atoms with Gasteiger partial charge in [0.2, 0.25) is 0 Å². The van der Waals surface area contributed by atoms with Crippen LogP contribution in [0.4, 0.5) is 0 Å². The summed E-state index contributed by atoms with van der Waals surface area (Å²) in [5.74, 6) is 0. The summed E-state index contributed by atoms with van der Waals surface area (Å²) in [6.45, 7) is 0. The van der Waals surface area contributed by atoms with Gasteiger partial charge in [-0.15, -0.1) is 0 Å². The zero-order valence-electron chi connectivity index (χ0n) is 19.7. The molecule has 0 saturated heterocycles. The predicted octanol–water partition coefficient (Wildman–Crippen LogP) is 7.73. The monoisotopic (exact) mass is 470 g/mol. The molecule has 4 nitrogen and oxygen atoms in total. The van der Waals surface area contributed by atoms with E-state index in [1.54, 1.807) is 12.1 Å². The van der Waals surface area contributed by atoms with Crippen molar-refractivity contribution in [2.75, 3.05) is 0 Å². The molecule has 0 atom stereocenters. The third kappa shape index (κ3) is 3.78. The van der Waals surface area contributed by atoms with Gasteiger partial charge in [0.25, 0.3) is 0 Å². The van der Waals surface area contributed by atoms with E-state index in [1.165, 1.54) is 0 Å². The molecule has 0 radical (unpaired) electrons. The molecule has 0 saturated carbocycles. The van der Waals surface area contributed by atoms with Gasteiger partial charge in [-0.25, -0.2) is 0 Å². The third-order valence-corrected chi connectivity index (χ3v) is 6.63. The minimum absolute atomic E-state index is 0.551. The first-order valence-electron chi connectivity index (χ1n) is 11.8. The van der Waals surface area contributed by atoms with Crippen molar-refractivity contribution < 1.29 is 0 Å². The fourth-order valence-corrected chi connectivity index (χ4v) is 4.92. The minimum atomic E-state index is 0.551. The summed E-state index contributed by atoms with van der Waals surface area (Å²) >= 11 is 0. The molecule has 0 unspecified atom stereocenters. The van der Waals surface area contributed by atoms with Crippen LogP contribution < -0.4 is 0 Å². The van der Waals surface area contributed by atoms with Gasteiger partial charge < -0.3 is 4.57 Å². The van der Waals surface area contributed by atoms with Gasteiger partial charge in [-0.2, -0.15) is 15.8 Å². The van der Waals surface area contributed by atoms with E-state index in [2.05, 4.69) is 59.2 Å². The highest BCUT2D eigenvalue weighted by Crippen LogP contribution is 2.35. The first-order valence-corrected chi connectivity index (χ1v) is 11.8. The number of nitrogens with zero attached hydrogens (tertiary/aromatic N) is 4. The second-order valence-corrected chi connectivity index (χ2v) is 8.85. The zero-order chi connectivity index (χ0) is 25.4. The molecule has 0 aliphatic heterocycles. The van der Waals surface area contributed by atoms with Crippen LogP contribution in [0.25, 0.3) is 49.7 Å². The maximum Gasteiger partial charge on any atom is 0.0992 e. The second-order valence-electron chi connectivity index (χ2n) is 8.85. The minimum Gasteiger partial charge on any atom is -0.309 e. The molecule has 1 aromatic heterocycles. The molecular formula is C33H18N4. The molecule has 0 N–H and O–H groups in total. The average Bonchev–Trinajstić information content (AvgIpc) is 3.30. The van der Waals surface area contributed by atoms with E-state index >= 15 is 0 Å². The highest BCUT2D eigenvalue weighted by molar-refractivity contribution is 6.10. The average molecular weight is 471 g/mol. The molecule has 5 aromatic carbocycles. The summed E-state index contributed by atoms with van der Waals surface area (Å²) < 4.78 is 2.10. The van der Waals surface area contributed by atoms with E-state index in [0.717, 1.165) is 49.7 Å². The molecule has 0 spiro atoms. The van der Waals surface area contributed by atoms with Crippen LogP contribution in [0, 0.1) is 34.0 Å². The maximum atomic E-state index is 9.90. The topological polar surface area (TPSA) is 76.3 Å². The normalized spacial score (nSPS) is 10.6. The standard InChI is InChI=1S/C33H18N4/c34-19-22-9-11-32-30(15-22)31-16-23(20-35)10-12-33(31)37(32)29-14-24(21-36)13-28(18-29)27-8-4-7-26(17-27)25-5-2-1-3-6-25/h1-18H. The van der Waals surface area contributed by atoms with Crippen molar-refractivity contribution in [3.8, 4) is 46.1 Å². The van der Waals surface area contributed by atoms with Gasteiger partial charge in [0.1, 0.15) is 0 Å². The van der Waals surface area contributed by atoms with E-state index in [0.29, 0.717) is 16.7 Å². The van der Waals surface area contributed by atoms with E-state index in [9.17, 15) is 15.8 Å². The zero-order valence-corrected chi connectivity index (χ0v) is 19.7. The quantitative estimate of drug-likeness (QED) is 0.265. The maximum absolute atomic E-state index is 9.90. The Kier molecular flexibility index (Phi) is 5.24. The van der Waals surface area contributed by atoms with Gasteiger partial charge in [-0.05, 0) is 82.9 Å². The van der Waals surface area contributed by atoms with Gasteiger partial charge in [0.15, 0.2) is 0 Å². The van der Waals surface area contributed by atoms with Crippen LogP contribution >= 0.6 is 0 Å². The first-order chi connectivity index (χ1) is 18.2. The molecule has 1 heterocycles. The molecule has 0 aliphatic carbocycles. The molecule has 6 rings (SSSR count). The number of fused-ring (bicyclic) bond motifs is 3. The lowest BCUT2D eigenvalue weighted by Gasteiger charge is -2.12. The number of rotatable bonds is 3. The fourth-order valence-electron chi connectivity index (χ4n) is 4.92. The van der Waals surface area contributed by atoms with Crippen LogP contribution in [0.1, 0.15) is 16.7 Å². The van der Waals surface area contributed by atoms with Crippen LogP contribution in [-0.2, 0) is 0 Å². The SMILES string of the molecule is N#Cc1cc(-c2cccc(-c3ccccc3)c2)cc(-n2c3ccc(C#N)cc3c3cc(C#N)ccc32)c1. The van der Waals surface area contributed by atoms with Crippen molar-refractivity contribution in [2.45, 2.75) is 0 Å². The fraction of sp³-hybridized carbons (Fsp3) is 0. The van der Waals surface area contributed by atoms with Gasteiger partial charge in [0, 0.05) is 16.5 Å². The summed E-state index contributed by atoms with van der Waals surface area (Å²) in [7, 11) is 0. The Bertz CT molecular complexity index is 1890. The van der Waals surface area contributed by atoms with Crippen LogP contribution in [0.3, 0.4) is 0 Å². The van der Waals surface area contributed by atoms with Crippen molar-refractivity contribution in [3.63, 3.8) is 0 Å². The van der Waals surface area contributed by atoms with E-state index in [4.69, 9.17) is 0 Å². The molecule has 170 valence electrons. The predicted molar refractivity (Wildman–Crippen MR) is 146 cm³/mol. The Balaban J connectivity index is 1.60. The van der Waals surface area contributed by atoms with Crippen molar-refractivity contribution in [2.24, 2.45) is 0 Å². The van der Waals surface area contributed by atoms with Gasteiger partial charge in [-0.3, -0.25) is 0 Å². The Morgan fingerprint density at radius 1 is 0.432 bits per heavy atom. The third-order valence-electron chi connectivity index (χ3n) is 6.63.